The van der Waals surface area contributed by atoms with Crippen LogP contribution in [0.4, 0.5) is 5.82 Å². The molecule has 1 aliphatic heterocycles. The Morgan fingerprint density at radius 2 is 2.08 bits per heavy atom. The van der Waals surface area contributed by atoms with Gasteiger partial charge < -0.3 is 15.4 Å². The minimum atomic E-state index is -0.445. The van der Waals surface area contributed by atoms with Crippen LogP contribution in [0.1, 0.15) is 39.7 Å². The van der Waals surface area contributed by atoms with Crippen LogP contribution < -0.4 is 10.6 Å². The van der Waals surface area contributed by atoms with Crippen molar-refractivity contribution in [3.63, 3.8) is 0 Å². The van der Waals surface area contributed by atoms with Gasteiger partial charge in [-0.05, 0) is 48.6 Å². The number of aromatic nitrogens is 1. The van der Waals surface area contributed by atoms with E-state index in [1.807, 2.05) is 18.2 Å². The Kier molecular flexibility index (Phi) is 4.78. The Morgan fingerprint density at radius 3 is 2.85 bits per heavy atom. The number of fused-ring (bicyclic) bond motifs is 1. The predicted octanol–water partition coefficient (Wildman–Crippen LogP) is 3.55. The van der Waals surface area contributed by atoms with Gasteiger partial charge in [-0.3, -0.25) is 4.79 Å². The van der Waals surface area contributed by atoms with E-state index >= 15 is 0 Å². The molecule has 0 saturated carbocycles. The zero-order valence-electron chi connectivity index (χ0n) is 14.2. The second-order valence-corrected chi connectivity index (χ2v) is 7.48. The number of hydrogen-bond acceptors (Lipinski definition) is 4. The number of primary amides is 1. The molecule has 5 nitrogen and oxygen atoms in total. The summed E-state index contributed by atoms with van der Waals surface area (Å²) in [5, 5.41) is 1.01. The molecular formula is C19H19Cl2N3O2. The first-order valence-electron chi connectivity index (χ1n) is 8.67. The lowest BCUT2D eigenvalue weighted by Crippen LogP contribution is -2.40. The molecule has 7 heteroatoms. The summed E-state index contributed by atoms with van der Waals surface area (Å²) in [6.45, 7) is 1.76. The van der Waals surface area contributed by atoms with Crippen molar-refractivity contribution >= 4 is 34.9 Å². The smallest absolute Gasteiger partial charge is 0.252 e. The number of hydrogen-bond donors (Lipinski definition) is 1. The Balaban J connectivity index is 1.65. The molecule has 1 aliphatic carbocycles. The molecule has 136 valence electrons. The topological polar surface area (TPSA) is 68.5 Å². The summed E-state index contributed by atoms with van der Waals surface area (Å²) in [7, 11) is 0. The van der Waals surface area contributed by atoms with Crippen molar-refractivity contribution in [3.8, 4) is 0 Å². The van der Waals surface area contributed by atoms with Crippen LogP contribution in [0.2, 0.25) is 10.0 Å². The standard InChI is InChI=1S/C19H19Cl2N3O2/c20-14-5-4-12(9-15(14)21)17-10-24(6-7-26-17)19-13(18(22)25)8-11-2-1-3-16(11)23-19/h4-5,8-9,17H,1-3,6-7,10H2,(H2,22,25)/t17-/m0/s1. The Labute approximate surface area is 162 Å². The molecule has 0 bridgehead atoms. The highest BCUT2D eigenvalue weighted by Crippen LogP contribution is 2.32. The van der Waals surface area contributed by atoms with Crippen LogP contribution in [0.15, 0.2) is 24.3 Å². The van der Waals surface area contributed by atoms with Crippen molar-refractivity contribution in [2.24, 2.45) is 5.73 Å². The molecule has 2 aliphatic rings. The highest BCUT2D eigenvalue weighted by atomic mass is 35.5. The molecule has 1 amide bonds. The van der Waals surface area contributed by atoms with E-state index in [-0.39, 0.29) is 6.10 Å². The molecule has 1 atom stereocenters. The number of nitrogens with zero attached hydrogens (tertiary/aromatic N) is 2. The molecule has 0 radical (unpaired) electrons. The number of benzene rings is 1. The lowest BCUT2D eigenvalue weighted by atomic mass is 10.1. The lowest BCUT2D eigenvalue weighted by Gasteiger charge is -2.35. The zero-order valence-corrected chi connectivity index (χ0v) is 15.7. The van der Waals surface area contributed by atoms with Crippen LogP contribution in [-0.4, -0.2) is 30.6 Å². The van der Waals surface area contributed by atoms with Gasteiger partial charge in [0.2, 0.25) is 0 Å². The van der Waals surface area contributed by atoms with Crippen LogP contribution in [0.5, 0.6) is 0 Å². The number of morpholine rings is 1. The fraction of sp³-hybridized carbons (Fsp3) is 0.368. The number of carbonyl (C=O) groups excluding carboxylic acids is 1. The minimum Gasteiger partial charge on any atom is -0.370 e. The van der Waals surface area contributed by atoms with Gasteiger partial charge in [-0.2, -0.15) is 0 Å². The van der Waals surface area contributed by atoms with Gasteiger partial charge >= 0.3 is 0 Å². The molecule has 4 rings (SSSR count). The second-order valence-electron chi connectivity index (χ2n) is 6.66. The van der Waals surface area contributed by atoms with Gasteiger partial charge in [-0.1, -0.05) is 29.3 Å². The Bertz CT molecular complexity index is 872. The number of rotatable bonds is 3. The Morgan fingerprint density at radius 1 is 1.23 bits per heavy atom. The van der Waals surface area contributed by atoms with Crippen molar-refractivity contribution in [2.45, 2.75) is 25.4 Å². The van der Waals surface area contributed by atoms with Gasteiger partial charge in [0, 0.05) is 18.8 Å². The molecule has 2 N–H and O–H groups in total. The summed E-state index contributed by atoms with van der Waals surface area (Å²) in [4.78, 5) is 18.8. The van der Waals surface area contributed by atoms with Crippen LogP contribution in [0, 0.1) is 0 Å². The van der Waals surface area contributed by atoms with E-state index in [1.54, 1.807) is 6.07 Å². The number of anilines is 1. The zero-order chi connectivity index (χ0) is 18.3. The first-order chi connectivity index (χ1) is 12.5. The fourth-order valence-electron chi connectivity index (χ4n) is 3.64. The third kappa shape index (κ3) is 3.27. The predicted molar refractivity (Wildman–Crippen MR) is 102 cm³/mol. The molecule has 1 aromatic heterocycles. The summed E-state index contributed by atoms with van der Waals surface area (Å²) in [5.74, 6) is 0.214. The molecule has 1 fully saturated rings. The number of ether oxygens (including phenoxy) is 1. The second kappa shape index (κ2) is 7.06. The quantitative estimate of drug-likeness (QED) is 0.868. The molecular weight excluding hydrogens is 373 g/mol. The summed E-state index contributed by atoms with van der Waals surface area (Å²) >= 11 is 12.2. The fourth-order valence-corrected chi connectivity index (χ4v) is 3.95. The van der Waals surface area contributed by atoms with Gasteiger partial charge in [0.1, 0.15) is 11.9 Å². The van der Waals surface area contributed by atoms with E-state index in [0.29, 0.717) is 41.1 Å². The van der Waals surface area contributed by atoms with Crippen LogP contribution in [-0.2, 0) is 17.6 Å². The third-order valence-corrected chi connectivity index (χ3v) is 5.72. The van der Waals surface area contributed by atoms with Crippen molar-refractivity contribution in [2.75, 3.05) is 24.6 Å². The van der Waals surface area contributed by atoms with Crippen LogP contribution in [0.3, 0.4) is 0 Å². The molecule has 2 aromatic rings. The number of pyridine rings is 1. The summed E-state index contributed by atoms with van der Waals surface area (Å²) in [5.41, 5.74) is 9.27. The first kappa shape index (κ1) is 17.6. The highest BCUT2D eigenvalue weighted by molar-refractivity contribution is 6.42. The van der Waals surface area contributed by atoms with Gasteiger partial charge in [-0.15, -0.1) is 0 Å². The van der Waals surface area contributed by atoms with Gasteiger partial charge in [-0.25, -0.2) is 4.98 Å². The van der Waals surface area contributed by atoms with Crippen molar-refractivity contribution < 1.29 is 9.53 Å². The van der Waals surface area contributed by atoms with Crippen molar-refractivity contribution in [1.29, 1.82) is 0 Å². The highest BCUT2D eigenvalue weighted by Gasteiger charge is 2.28. The lowest BCUT2D eigenvalue weighted by molar-refractivity contribution is 0.0394. The molecule has 26 heavy (non-hydrogen) atoms. The maximum atomic E-state index is 12.0. The molecule has 0 unspecified atom stereocenters. The van der Waals surface area contributed by atoms with Gasteiger partial charge in [0.05, 0.1) is 22.2 Å². The van der Waals surface area contributed by atoms with E-state index in [2.05, 4.69) is 4.90 Å². The third-order valence-electron chi connectivity index (χ3n) is 4.98. The van der Waals surface area contributed by atoms with E-state index in [0.717, 1.165) is 36.1 Å². The van der Waals surface area contributed by atoms with E-state index < -0.39 is 5.91 Å². The maximum absolute atomic E-state index is 12.0. The van der Waals surface area contributed by atoms with Gasteiger partial charge in [0.15, 0.2) is 0 Å². The average molecular weight is 392 g/mol. The van der Waals surface area contributed by atoms with Crippen LogP contribution >= 0.6 is 23.2 Å². The SMILES string of the molecule is NC(=O)c1cc2c(nc1N1CCO[C@H](c3ccc(Cl)c(Cl)c3)C1)CCC2. The summed E-state index contributed by atoms with van der Waals surface area (Å²) in [6, 6.07) is 7.41. The Hall–Kier alpha value is -1.82. The number of amides is 1. The molecule has 2 heterocycles. The number of aryl methyl sites for hydroxylation is 2. The average Bonchev–Trinajstić information content (AvgIpc) is 3.10. The van der Waals surface area contributed by atoms with E-state index in [1.165, 1.54) is 0 Å². The number of halogens is 2. The van der Waals surface area contributed by atoms with Crippen LogP contribution in [0.25, 0.3) is 0 Å². The number of carbonyl (C=O) groups is 1. The molecule has 1 aromatic carbocycles. The molecule has 0 spiro atoms. The maximum Gasteiger partial charge on any atom is 0.252 e. The van der Waals surface area contributed by atoms with Crippen molar-refractivity contribution in [3.05, 3.63) is 56.7 Å². The van der Waals surface area contributed by atoms with Crippen molar-refractivity contribution in [1.82, 2.24) is 4.98 Å². The largest absolute Gasteiger partial charge is 0.370 e. The summed E-state index contributed by atoms with van der Waals surface area (Å²) < 4.78 is 5.92. The minimum absolute atomic E-state index is 0.172. The normalized spacial score (nSPS) is 19.5. The first-order valence-corrected chi connectivity index (χ1v) is 9.42. The van der Waals surface area contributed by atoms with E-state index in [4.69, 9.17) is 38.7 Å². The molecule has 1 saturated heterocycles. The summed E-state index contributed by atoms with van der Waals surface area (Å²) in [6.07, 6.45) is 2.80. The number of nitrogens with two attached hydrogens (primary N) is 1. The van der Waals surface area contributed by atoms with Gasteiger partial charge in [0.25, 0.3) is 5.91 Å². The van der Waals surface area contributed by atoms with E-state index in [9.17, 15) is 4.79 Å². The monoisotopic (exact) mass is 391 g/mol.